The molecule has 11 nitrogen and oxygen atoms in total. The standard InChI is InChI=1S/C35H26ClF7N6O5/c36-24-12-20(33(37,34(38,39)40)35(41,42)43)4-7-25(24)45-31(54)32(10-1-11-32)48-17-18(14-44-48)2-3-19-15-47(16-19)21-5-6-22-23(13-21)30(53)49(29(22)52)26-8-9-27(50)46-28(26)51/h4-7,12-14,17,19,26H,1,8-11,15-16H2,(H,45,54)(H,46,50,51). The summed E-state index contributed by atoms with van der Waals surface area (Å²) < 4.78 is 95.2. The monoisotopic (exact) mass is 778 g/mol. The van der Waals surface area contributed by atoms with E-state index >= 15 is 0 Å². The molecule has 2 saturated heterocycles. The molecule has 3 fully saturated rings. The Labute approximate surface area is 305 Å². The topological polar surface area (TPSA) is 134 Å². The van der Waals surface area contributed by atoms with Crippen LogP contribution in [0.4, 0.5) is 42.1 Å². The molecule has 282 valence electrons. The van der Waals surface area contributed by atoms with Gasteiger partial charge in [-0.25, -0.2) is 4.39 Å². The van der Waals surface area contributed by atoms with Gasteiger partial charge in [0.1, 0.15) is 11.6 Å². The normalized spacial score (nSPS) is 20.1. The van der Waals surface area contributed by atoms with Crippen LogP contribution in [0, 0.1) is 17.8 Å². The van der Waals surface area contributed by atoms with Crippen molar-refractivity contribution in [2.24, 2.45) is 5.92 Å². The van der Waals surface area contributed by atoms with Gasteiger partial charge < -0.3 is 10.2 Å². The van der Waals surface area contributed by atoms with Crippen LogP contribution in [0.1, 0.15) is 63.9 Å². The Morgan fingerprint density at radius 1 is 0.944 bits per heavy atom. The Kier molecular flexibility index (Phi) is 8.78. The third-order valence-corrected chi connectivity index (χ3v) is 10.4. The molecule has 54 heavy (non-hydrogen) atoms. The van der Waals surface area contributed by atoms with Crippen molar-refractivity contribution in [3.8, 4) is 11.8 Å². The highest BCUT2D eigenvalue weighted by Crippen LogP contribution is 2.54. The van der Waals surface area contributed by atoms with Gasteiger partial charge in [0, 0.05) is 37.0 Å². The first kappa shape index (κ1) is 36.9. The Hall–Kier alpha value is -5.44. The maximum Gasteiger partial charge on any atom is 0.435 e. The molecule has 3 aliphatic heterocycles. The highest BCUT2D eigenvalue weighted by molar-refractivity contribution is 6.34. The number of halogens is 8. The number of aromatic nitrogens is 2. The Morgan fingerprint density at radius 3 is 2.24 bits per heavy atom. The molecule has 1 aromatic heterocycles. The summed E-state index contributed by atoms with van der Waals surface area (Å²) in [5.41, 5.74) is -7.59. The van der Waals surface area contributed by atoms with Crippen LogP contribution in [0.5, 0.6) is 0 Å². The zero-order valence-corrected chi connectivity index (χ0v) is 28.3. The first-order chi connectivity index (χ1) is 25.3. The van der Waals surface area contributed by atoms with Crippen molar-refractivity contribution < 1.29 is 54.7 Å². The smallest absolute Gasteiger partial charge is 0.369 e. The molecule has 0 spiro atoms. The van der Waals surface area contributed by atoms with E-state index in [1.165, 1.54) is 23.1 Å². The van der Waals surface area contributed by atoms with Crippen molar-refractivity contribution in [3.63, 3.8) is 0 Å². The van der Waals surface area contributed by atoms with E-state index in [0.29, 0.717) is 49.7 Å². The molecular weight excluding hydrogens is 753 g/mol. The van der Waals surface area contributed by atoms with Gasteiger partial charge >= 0.3 is 18.0 Å². The number of nitrogens with zero attached hydrogens (tertiary/aromatic N) is 4. The van der Waals surface area contributed by atoms with Crippen LogP contribution in [-0.4, -0.2) is 75.7 Å². The number of anilines is 2. The summed E-state index contributed by atoms with van der Waals surface area (Å²) in [6.07, 6.45) is -8.42. The predicted octanol–water partition coefficient (Wildman–Crippen LogP) is 5.23. The van der Waals surface area contributed by atoms with Gasteiger partial charge in [-0.2, -0.15) is 31.4 Å². The minimum absolute atomic E-state index is 0.00901. The lowest BCUT2D eigenvalue weighted by Crippen LogP contribution is -2.54. The van der Waals surface area contributed by atoms with Gasteiger partial charge in [0.05, 0.1) is 39.5 Å². The number of piperidine rings is 1. The fourth-order valence-corrected chi connectivity index (χ4v) is 7.10. The number of carbonyl (C=O) groups is 5. The SMILES string of the molecule is O=C1CCC(N2C(=O)c3ccc(N4CC(C#Cc5cnn(C6(C(=O)Nc7ccc(C(F)(C(F)(F)F)C(F)(F)F)cc7Cl)CCC6)c5)C4)cc3C2=O)C(=O)N1. The number of rotatable bonds is 6. The van der Waals surface area contributed by atoms with Crippen LogP contribution in [-0.2, 0) is 25.6 Å². The highest BCUT2D eigenvalue weighted by atomic mass is 35.5. The number of fused-ring (bicyclic) bond motifs is 1. The fraction of sp³-hybridized carbons (Fsp3) is 0.371. The highest BCUT2D eigenvalue weighted by Gasteiger charge is 2.73. The van der Waals surface area contributed by atoms with Crippen LogP contribution in [0.15, 0.2) is 48.8 Å². The molecule has 1 unspecified atom stereocenters. The maximum absolute atomic E-state index is 14.5. The quantitative estimate of drug-likeness (QED) is 0.199. The second-order valence-electron chi connectivity index (χ2n) is 13.4. The van der Waals surface area contributed by atoms with E-state index in [-0.39, 0.29) is 47.7 Å². The Morgan fingerprint density at radius 2 is 1.63 bits per heavy atom. The minimum Gasteiger partial charge on any atom is -0.369 e. The summed E-state index contributed by atoms with van der Waals surface area (Å²) in [4.78, 5) is 66.3. The predicted molar refractivity (Wildman–Crippen MR) is 175 cm³/mol. The Balaban J connectivity index is 0.991. The summed E-state index contributed by atoms with van der Waals surface area (Å²) in [6, 6.07) is 4.84. The van der Waals surface area contributed by atoms with Gasteiger partial charge in [-0.15, -0.1) is 0 Å². The van der Waals surface area contributed by atoms with E-state index in [4.69, 9.17) is 11.6 Å². The second kappa shape index (κ2) is 12.9. The molecule has 3 aromatic rings. The maximum atomic E-state index is 14.5. The molecule has 4 heterocycles. The van der Waals surface area contributed by atoms with Gasteiger partial charge in [0.25, 0.3) is 17.7 Å². The zero-order chi connectivity index (χ0) is 39.0. The summed E-state index contributed by atoms with van der Waals surface area (Å²) in [6.45, 7) is 0.973. The fourth-order valence-electron chi connectivity index (χ4n) is 6.87. The molecular formula is C35H26ClF7N6O5. The van der Waals surface area contributed by atoms with Crippen LogP contribution >= 0.6 is 11.6 Å². The first-order valence-corrected chi connectivity index (χ1v) is 16.8. The Bertz CT molecular complexity index is 2170. The summed E-state index contributed by atoms with van der Waals surface area (Å²) in [5.74, 6) is 2.96. The molecule has 1 saturated carbocycles. The average molecular weight is 779 g/mol. The van der Waals surface area contributed by atoms with Crippen molar-refractivity contribution >= 4 is 52.5 Å². The van der Waals surface area contributed by atoms with Crippen LogP contribution in [0.3, 0.4) is 0 Å². The van der Waals surface area contributed by atoms with Crippen LogP contribution in [0.2, 0.25) is 5.02 Å². The van der Waals surface area contributed by atoms with Crippen LogP contribution in [0.25, 0.3) is 0 Å². The summed E-state index contributed by atoms with van der Waals surface area (Å²) >= 11 is 5.95. The van der Waals surface area contributed by atoms with E-state index < -0.39 is 69.7 Å². The number of carbonyl (C=O) groups excluding carboxylic acids is 5. The number of imide groups is 2. The second-order valence-corrected chi connectivity index (χ2v) is 13.8. The van der Waals surface area contributed by atoms with E-state index in [2.05, 4.69) is 27.6 Å². The van der Waals surface area contributed by atoms with E-state index in [0.717, 1.165) is 4.90 Å². The molecule has 7 rings (SSSR count). The van der Waals surface area contributed by atoms with Crippen LogP contribution < -0.4 is 15.5 Å². The number of alkyl halides is 7. The lowest BCUT2D eigenvalue weighted by Gasteiger charge is -2.40. The molecule has 5 amide bonds. The number of nitrogens with one attached hydrogen (secondary N) is 2. The largest absolute Gasteiger partial charge is 0.435 e. The number of benzene rings is 2. The third-order valence-electron chi connectivity index (χ3n) is 10.1. The van der Waals surface area contributed by atoms with Crippen molar-refractivity contribution in [2.75, 3.05) is 23.3 Å². The van der Waals surface area contributed by atoms with Gasteiger partial charge in [-0.1, -0.05) is 29.5 Å². The van der Waals surface area contributed by atoms with Gasteiger partial charge in [-0.05, 0) is 56.0 Å². The van der Waals surface area contributed by atoms with Gasteiger partial charge in [-0.3, -0.25) is 38.9 Å². The van der Waals surface area contributed by atoms with Crippen molar-refractivity contribution in [1.82, 2.24) is 20.0 Å². The van der Waals surface area contributed by atoms with Crippen molar-refractivity contribution in [1.29, 1.82) is 0 Å². The molecule has 2 N–H and O–H groups in total. The molecule has 1 atom stereocenters. The number of hydrogen-bond acceptors (Lipinski definition) is 7. The molecule has 4 aliphatic rings. The van der Waals surface area contributed by atoms with Gasteiger partial charge in [0.2, 0.25) is 11.8 Å². The van der Waals surface area contributed by atoms with Crippen molar-refractivity contribution in [3.05, 3.63) is 76.1 Å². The molecule has 0 radical (unpaired) electrons. The summed E-state index contributed by atoms with van der Waals surface area (Å²) in [7, 11) is 0. The average Bonchev–Trinajstić information content (AvgIpc) is 3.61. The number of hydrogen-bond donors (Lipinski definition) is 2. The van der Waals surface area contributed by atoms with E-state index in [1.54, 1.807) is 12.1 Å². The molecule has 1 aliphatic carbocycles. The lowest BCUT2D eigenvalue weighted by atomic mass is 9.76. The molecule has 0 bridgehead atoms. The van der Waals surface area contributed by atoms with E-state index in [9.17, 15) is 54.7 Å². The van der Waals surface area contributed by atoms with E-state index in [1.807, 2.05) is 4.90 Å². The molecule has 2 aromatic carbocycles. The third kappa shape index (κ3) is 5.94. The minimum atomic E-state index is -6.33. The number of amides is 5. The summed E-state index contributed by atoms with van der Waals surface area (Å²) in [5, 5.41) is 8.12. The zero-order valence-electron chi connectivity index (χ0n) is 27.6. The van der Waals surface area contributed by atoms with Gasteiger partial charge in [0.15, 0.2) is 0 Å². The molecule has 19 heteroatoms. The lowest BCUT2D eigenvalue weighted by molar-refractivity contribution is -0.348. The first-order valence-electron chi connectivity index (χ1n) is 16.5. The van der Waals surface area contributed by atoms with Crippen molar-refractivity contribution in [2.45, 2.75) is 61.7 Å².